The molecule has 2 amide bonds. The van der Waals surface area contributed by atoms with Gasteiger partial charge in [0.15, 0.2) is 11.5 Å². The van der Waals surface area contributed by atoms with E-state index in [9.17, 15) is 14.0 Å². The largest absolute Gasteiger partial charge is 0.490 e. The van der Waals surface area contributed by atoms with E-state index in [1.165, 1.54) is 18.2 Å². The van der Waals surface area contributed by atoms with Crippen molar-refractivity contribution < 1.29 is 23.5 Å². The molecular formula is C23H23ClFNO4S. The van der Waals surface area contributed by atoms with Gasteiger partial charge in [0, 0.05) is 10.6 Å². The molecule has 8 heteroatoms. The Bertz CT molecular complexity index is 991. The van der Waals surface area contributed by atoms with Crippen LogP contribution in [0.3, 0.4) is 0 Å². The molecule has 2 aromatic carbocycles. The van der Waals surface area contributed by atoms with Gasteiger partial charge in [0.1, 0.15) is 5.82 Å². The van der Waals surface area contributed by atoms with E-state index in [0.717, 1.165) is 29.5 Å². The van der Waals surface area contributed by atoms with Gasteiger partial charge in [-0.25, -0.2) is 4.39 Å². The van der Waals surface area contributed by atoms with Crippen LogP contribution in [0.4, 0.5) is 9.18 Å². The number of carbonyl (C=O) groups excluding carboxylic acids is 2. The fourth-order valence-electron chi connectivity index (χ4n) is 2.96. The Kier molecular flexibility index (Phi) is 7.98. The molecule has 0 bridgehead atoms. The van der Waals surface area contributed by atoms with Crippen LogP contribution in [-0.2, 0) is 11.3 Å². The number of carbonyl (C=O) groups is 2. The molecule has 31 heavy (non-hydrogen) atoms. The first-order valence-corrected chi connectivity index (χ1v) is 11.2. The van der Waals surface area contributed by atoms with E-state index in [1.807, 2.05) is 6.92 Å². The SMILES string of the molecule is CCCCOc1ccc(/C=C2\SC(=O)N(Cc3c(F)cccc3Cl)C2=O)cc1OCC. The first-order valence-electron chi connectivity index (χ1n) is 10.0. The average Bonchev–Trinajstić information content (AvgIpc) is 2.99. The van der Waals surface area contributed by atoms with Crippen LogP contribution >= 0.6 is 23.4 Å². The van der Waals surface area contributed by atoms with Crippen LogP contribution < -0.4 is 9.47 Å². The molecular weight excluding hydrogens is 441 g/mol. The third-order valence-corrected chi connectivity index (χ3v) is 5.83. The van der Waals surface area contributed by atoms with Crippen molar-refractivity contribution in [2.75, 3.05) is 13.2 Å². The second-order valence-electron chi connectivity index (χ2n) is 6.81. The van der Waals surface area contributed by atoms with Crippen LogP contribution in [0, 0.1) is 5.82 Å². The van der Waals surface area contributed by atoms with E-state index >= 15 is 0 Å². The van der Waals surface area contributed by atoms with Gasteiger partial charge in [-0.1, -0.05) is 37.1 Å². The number of hydrogen-bond donors (Lipinski definition) is 0. The van der Waals surface area contributed by atoms with E-state index in [0.29, 0.717) is 30.3 Å². The zero-order valence-electron chi connectivity index (χ0n) is 17.3. The highest BCUT2D eigenvalue weighted by atomic mass is 35.5. The lowest BCUT2D eigenvalue weighted by atomic mass is 10.1. The average molecular weight is 464 g/mol. The van der Waals surface area contributed by atoms with Crippen molar-refractivity contribution in [1.82, 2.24) is 4.90 Å². The van der Waals surface area contributed by atoms with Crippen LogP contribution in [0.25, 0.3) is 6.08 Å². The summed E-state index contributed by atoms with van der Waals surface area (Å²) in [5, 5.41) is -0.303. The first kappa shape index (κ1) is 23.2. The van der Waals surface area contributed by atoms with Gasteiger partial charge in [0.25, 0.3) is 11.1 Å². The smallest absolute Gasteiger partial charge is 0.293 e. The lowest BCUT2D eigenvalue weighted by Gasteiger charge is -2.14. The van der Waals surface area contributed by atoms with Crippen molar-refractivity contribution in [3.8, 4) is 11.5 Å². The minimum Gasteiger partial charge on any atom is -0.490 e. The van der Waals surface area contributed by atoms with E-state index in [-0.39, 0.29) is 22.0 Å². The van der Waals surface area contributed by atoms with E-state index in [2.05, 4.69) is 6.92 Å². The van der Waals surface area contributed by atoms with Crippen molar-refractivity contribution in [2.45, 2.75) is 33.2 Å². The Labute approximate surface area is 190 Å². The number of benzene rings is 2. The maximum Gasteiger partial charge on any atom is 0.293 e. The number of rotatable bonds is 9. The Hall–Kier alpha value is -2.51. The minimum atomic E-state index is -0.560. The lowest BCUT2D eigenvalue weighted by Crippen LogP contribution is -2.28. The van der Waals surface area contributed by atoms with Crippen molar-refractivity contribution in [1.29, 1.82) is 0 Å². The van der Waals surface area contributed by atoms with Gasteiger partial charge in [0.2, 0.25) is 0 Å². The number of nitrogens with zero attached hydrogens (tertiary/aromatic N) is 1. The monoisotopic (exact) mass is 463 g/mol. The Morgan fingerprint density at radius 1 is 1.13 bits per heavy atom. The standard InChI is InChI=1S/C23H23ClFNO4S/c1-3-5-11-30-19-10-9-15(12-20(19)29-4-2)13-21-22(27)26(23(28)31-21)14-16-17(24)7-6-8-18(16)25/h6-10,12-13H,3-5,11,14H2,1-2H3/b21-13-. The van der Waals surface area contributed by atoms with E-state index < -0.39 is 17.0 Å². The molecule has 0 atom stereocenters. The van der Waals surface area contributed by atoms with E-state index in [4.69, 9.17) is 21.1 Å². The zero-order valence-corrected chi connectivity index (χ0v) is 18.9. The van der Waals surface area contributed by atoms with Crippen LogP contribution in [0.2, 0.25) is 5.02 Å². The molecule has 2 aromatic rings. The third-order valence-electron chi connectivity index (χ3n) is 4.57. The summed E-state index contributed by atoms with van der Waals surface area (Å²) in [6.45, 7) is 4.80. The van der Waals surface area contributed by atoms with Crippen LogP contribution in [0.5, 0.6) is 11.5 Å². The molecule has 1 aliphatic heterocycles. The van der Waals surface area contributed by atoms with Gasteiger partial charge < -0.3 is 9.47 Å². The Morgan fingerprint density at radius 2 is 1.94 bits per heavy atom. The molecule has 0 aliphatic carbocycles. The van der Waals surface area contributed by atoms with Gasteiger partial charge in [-0.15, -0.1) is 0 Å². The van der Waals surface area contributed by atoms with Gasteiger partial charge in [-0.2, -0.15) is 0 Å². The van der Waals surface area contributed by atoms with Crippen molar-refractivity contribution in [3.05, 3.63) is 63.3 Å². The number of unbranched alkanes of at least 4 members (excludes halogenated alkanes) is 1. The zero-order chi connectivity index (χ0) is 22.4. The Morgan fingerprint density at radius 3 is 2.65 bits per heavy atom. The third kappa shape index (κ3) is 5.60. The second-order valence-corrected chi connectivity index (χ2v) is 8.21. The van der Waals surface area contributed by atoms with Crippen LogP contribution in [0.15, 0.2) is 41.3 Å². The molecule has 0 aromatic heterocycles. The maximum absolute atomic E-state index is 14.1. The molecule has 5 nitrogen and oxygen atoms in total. The second kappa shape index (κ2) is 10.7. The number of thioether (sulfide) groups is 1. The number of amides is 2. The minimum absolute atomic E-state index is 0.111. The number of hydrogen-bond acceptors (Lipinski definition) is 5. The van der Waals surface area contributed by atoms with Crippen LogP contribution in [-0.4, -0.2) is 29.3 Å². The summed E-state index contributed by atoms with van der Waals surface area (Å²) in [4.78, 5) is 26.4. The molecule has 0 radical (unpaired) electrons. The predicted molar refractivity (Wildman–Crippen MR) is 121 cm³/mol. The number of imide groups is 1. The van der Waals surface area contributed by atoms with Crippen LogP contribution in [0.1, 0.15) is 37.8 Å². The molecule has 0 N–H and O–H groups in total. The van der Waals surface area contributed by atoms with Crippen molar-refractivity contribution >= 4 is 40.6 Å². The molecule has 0 spiro atoms. The van der Waals surface area contributed by atoms with Gasteiger partial charge in [-0.3, -0.25) is 14.5 Å². The summed E-state index contributed by atoms with van der Waals surface area (Å²) in [5.74, 6) is 0.158. The van der Waals surface area contributed by atoms with Crippen molar-refractivity contribution in [2.24, 2.45) is 0 Å². The maximum atomic E-state index is 14.1. The quantitative estimate of drug-likeness (QED) is 0.323. The number of ether oxygens (including phenoxy) is 2. The van der Waals surface area contributed by atoms with Gasteiger partial charge in [0.05, 0.1) is 24.7 Å². The van der Waals surface area contributed by atoms with Crippen molar-refractivity contribution in [3.63, 3.8) is 0 Å². The summed E-state index contributed by atoms with van der Waals surface area (Å²) in [7, 11) is 0. The molecule has 1 saturated heterocycles. The molecule has 1 aliphatic rings. The summed E-state index contributed by atoms with van der Waals surface area (Å²) in [6, 6.07) is 9.60. The first-order chi connectivity index (χ1) is 14.9. The molecule has 164 valence electrons. The fraction of sp³-hybridized carbons (Fsp3) is 0.304. The van der Waals surface area contributed by atoms with Gasteiger partial charge in [-0.05, 0) is 61.0 Å². The summed E-state index contributed by atoms with van der Waals surface area (Å²) < 4.78 is 25.5. The molecule has 0 saturated carbocycles. The summed E-state index contributed by atoms with van der Waals surface area (Å²) in [5.41, 5.74) is 0.806. The highest BCUT2D eigenvalue weighted by molar-refractivity contribution is 8.18. The topological polar surface area (TPSA) is 55.8 Å². The molecule has 1 fully saturated rings. The molecule has 3 rings (SSSR count). The predicted octanol–water partition coefficient (Wildman–Crippen LogP) is 6.29. The highest BCUT2D eigenvalue weighted by Gasteiger charge is 2.36. The lowest BCUT2D eigenvalue weighted by molar-refractivity contribution is -0.123. The molecule has 1 heterocycles. The van der Waals surface area contributed by atoms with Gasteiger partial charge >= 0.3 is 0 Å². The normalized spacial score (nSPS) is 15.1. The Balaban J connectivity index is 1.81. The fourth-order valence-corrected chi connectivity index (χ4v) is 4.02. The summed E-state index contributed by atoms with van der Waals surface area (Å²) >= 11 is 6.85. The van der Waals surface area contributed by atoms with E-state index in [1.54, 1.807) is 24.3 Å². The molecule has 0 unspecified atom stereocenters. The highest BCUT2D eigenvalue weighted by Crippen LogP contribution is 2.36. The number of halogens is 2. The summed E-state index contributed by atoms with van der Waals surface area (Å²) in [6.07, 6.45) is 3.58.